The number of carbonyl (C=O) groups excluding carboxylic acids is 2. The van der Waals surface area contributed by atoms with E-state index < -0.39 is 5.97 Å². The maximum atomic E-state index is 12.4. The summed E-state index contributed by atoms with van der Waals surface area (Å²) in [7, 11) is 1.33. The second-order valence-electron chi connectivity index (χ2n) is 6.45. The third kappa shape index (κ3) is 4.43. The molecule has 1 amide bonds. The highest BCUT2D eigenvalue weighted by Gasteiger charge is 2.11. The SMILES string of the molecule is CCc1ccc(/C=C/C(=O)Nc2cc(C)nc3ccc(C(=O)OC)cc23)cc1. The predicted molar refractivity (Wildman–Crippen MR) is 111 cm³/mol. The molecule has 0 radical (unpaired) electrons. The van der Waals surface area contributed by atoms with Crippen LogP contribution in [0.5, 0.6) is 0 Å². The third-order valence-corrected chi connectivity index (χ3v) is 4.43. The van der Waals surface area contributed by atoms with Gasteiger partial charge in [0.15, 0.2) is 0 Å². The van der Waals surface area contributed by atoms with E-state index in [-0.39, 0.29) is 5.91 Å². The number of esters is 1. The van der Waals surface area contributed by atoms with Gasteiger partial charge in [-0.2, -0.15) is 0 Å². The second-order valence-corrected chi connectivity index (χ2v) is 6.45. The Bertz CT molecular complexity index is 1050. The lowest BCUT2D eigenvalue weighted by Crippen LogP contribution is -2.09. The highest BCUT2D eigenvalue weighted by atomic mass is 16.5. The second kappa shape index (κ2) is 8.48. The summed E-state index contributed by atoms with van der Waals surface area (Å²) < 4.78 is 4.78. The van der Waals surface area contributed by atoms with E-state index >= 15 is 0 Å². The van der Waals surface area contributed by atoms with E-state index in [9.17, 15) is 9.59 Å². The van der Waals surface area contributed by atoms with Crippen molar-refractivity contribution in [2.75, 3.05) is 12.4 Å². The number of nitrogens with zero attached hydrogens (tertiary/aromatic N) is 1. The van der Waals surface area contributed by atoms with E-state index in [4.69, 9.17) is 4.74 Å². The van der Waals surface area contributed by atoms with Gasteiger partial charge in [-0.1, -0.05) is 31.2 Å². The number of nitrogens with one attached hydrogen (secondary N) is 1. The van der Waals surface area contributed by atoms with Crippen molar-refractivity contribution in [2.24, 2.45) is 0 Å². The Kier molecular flexibility index (Phi) is 5.84. The molecule has 0 saturated carbocycles. The minimum atomic E-state index is -0.435. The van der Waals surface area contributed by atoms with Crippen molar-refractivity contribution in [2.45, 2.75) is 20.3 Å². The van der Waals surface area contributed by atoms with Gasteiger partial charge in [0.05, 0.1) is 23.9 Å². The molecule has 5 nitrogen and oxygen atoms in total. The van der Waals surface area contributed by atoms with E-state index in [0.717, 1.165) is 17.7 Å². The van der Waals surface area contributed by atoms with Crippen LogP contribution in [0.25, 0.3) is 17.0 Å². The summed E-state index contributed by atoms with van der Waals surface area (Å²) in [5.74, 6) is -0.690. The molecule has 2 aromatic carbocycles. The van der Waals surface area contributed by atoms with Gasteiger partial charge < -0.3 is 10.1 Å². The zero-order valence-corrected chi connectivity index (χ0v) is 16.2. The minimum absolute atomic E-state index is 0.255. The number of rotatable bonds is 5. The van der Waals surface area contributed by atoms with Crippen LogP contribution < -0.4 is 5.32 Å². The minimum Gasteiger partial charge on any atom is -0.465 e. The Hall–Kier alpha value is -3.47. The molecule has 0 fully saturated rings. The highest BCUT2D eigenvalue weighted by Crippen LogP contribution is 2.25. The van der Waals surface area contributed by atoms with Gasteiger partial charge in [0.25, 0.3) is 0 Å². The number of carbonyl (C=O) groups is 2. The molecule has 0 saturated heterocycles. The van der Waals surface area contributed by atoms with Gasteiger partial charge in [-0.3, -0.25) is 9.78 Å². The standard InChI is InChI=1S/C23H22N2O3/c1-4-16-5-7-17(8-6-16)9-12-22(26)25-21-13-15(2)24-20-11-10-18(14-19(20)21)23(27)28-3/h5-14H,4H2,1-3H3,(H,24,25,26)/b12-9+. The van der Waals surface area contributed by atoms with Crippen molar-refractivity contribution >= 4 is 34.5 Å². The van der Waals surface area contributed by atoms with Crippen molar-refractivity contribution in [3.63, 3.8) is 0 Å². The normalized spacial score (nSPS) is 11.0. The van der Waals surface area contributed by atoms with Crippen LogP contribution in [0.1, 0.15) is 34.1 Å². The van der Waals surface area contributed by atoms with Gasteiger partial charge in [-0.05, 0) is 54.8 Å². The number of fused-ring (bicyclic) bond motifs is 1. The predicted octanol–water partition coefficient (Wildman–Crippen LogP) is 4.54. The summed E-state index contributed by atoms with van der Waals surface area (Å²) in [6, 6.07) is 14.9. The van der Waals surface area contributed by atoms with Crippen LogP contribution in [0.4, 0.5) is 5.69 Å². The van der Waals surface area contributed by atoms with Gasteiger partial charge in [0.1, 0.15) is 0 Å². The van der Waals surface area contributed by atoms with Gasteiger partial charge in [0.2, 0.25) is 5.91 Å². The molecule has 0 aliphatic heterocycles. The van der Waals surface area contributed by atoms with Crippen LogP contribution in [0.15, 0.2) is 54.6 Å². The van der Waals surface area contributed by atoms with Gasteiger partial charge >= 0.3 is 5.97 Å². The first kappa shape index (κ1) is 19.3. The molecule has 28 heavy (non-hydrogen) atoms. The van der Waals surface area contributed by atoms with Crippen LogP contribution >= 0.6 is 0 Å². The molecule has 0 unspecified atom stereocenters. The van der Waals surface area contributed by atoms with E-state index in [0.29, 0.717) is 22.2 Å². The lowest BCUT2D eigenvalue weighted by atomic mass is 10.1. The average Bonchev–Trinajstić information content (AvgIpc) is 2.71. The Morgan fingerprint density at radius 2 is 1.86 bits per heavy atom. The lowest BCUT2D eigenvalue weighted by Gasteiger charge is -2.10. The summed E-state index contributed by atoms with van der Waals surface area (Å²) in [5, 5.41) is 3.57. The van der Waals surface area contributed by atoms with Crippen LogP contribution in [-0.2, 0) is 16.0 Å². The number of aryl methyl sites for hydroxylation is 2. The zero-order chi connectivity index (χ0) is 20.1. The summed E-state index contributed by atoms with van der Waals surface area (Å²) >= 11 is 0. The number of hydrogen-bond acceptors (Lipinski definition) is 4. The Morgan fingerprint density at radius 1 is 1.11 bits per heavy atom. The fourth-order valence-corrected chi connectivity index (χ4v) is 2.92. The van der Waals surface area contributed by atoms with E-state index in [1.54, 1.807) is 30.3 Å². The number of hydrogen-bond donors (Lipinski definition) is 1. The first-order valence-electron chi connectivity index (χ1n) is 9.08. The lowest BCUT2D eigenvalue weighted by molar-refractivity contribution is -0.111. The number of methoxy groups -OCH3 is 1. The molecule has 0 aliphatic rings. The molecule has 1 heterocycles. The van der Waals surface area contributed by atoms with E-state index in [1.807, 2.05) is 31.2 Å². The molecule has 1 aromatic heterocycles. The van der Waals surface area contributed by atoms with Crippen LogP contribution in [0.3, 0.4) is 0 Å². The Labute approximate surface area is 164 Å². The molecule has 0 atom stereocenters. The van der Waals surface area contributed by atoms with Crippen molar-refractivity contribution in [1.82, 2.24) is 4.98 Å². The average molecular weight is 374 g/mol. The number of aromatic nitrogens is 1. The molecule has 3 aromatic rings. The highest BCUT2D eigenvalue weighted by molar-refractivity contribution is 6.08. The van der Waals surface area contributed by atoms with Crippen LogP contribution in [-0.4, -0.2) is 24.0 Å². The molecule has 0 spiro atoms. The van der Waals surface area contributed by atoms with Crippen LogP contribution in [0, 0.1) is 6.92 Å². The number of benzene rings is 2. The van der Waals surface area contributed by atoms with E-state index in [1.165, 1.54) is 18.7 Å². The molecule has 142 valence electrons. The summed E-state index contributed by atoms with van der Waals surface area (Å²) in [6.45, 7) is 3.96. The quantitative estimate of drug-likeness (QED) is 0.526. The largest absolute Gasteiger partial charge is 0.465 e. The van der Waals surface area contributed by atoms with Gasteiger partial charge in [-0.25, -0.2) is 4.79 Å². The molecule has 0 aliphatic carbocycles. The first-order chi connectivity index (χ1) is 13.5. The van der Waals surface area contributed by atoms with Gasteiger partial charge in [-0.15, -0.1) is 0 Å². The number of amides is 1. The number of ether oxygens (including phenoxy) is 1. The van der Waals surface area contributed by atoms with Crippen molar-refractivity contribution in [3.05, 3.63) is 77.0 Å². The first-order valence-corrected chi connectivity index (χ1v) is 9.08. The fraction of sp³-hybridized carbons (Fsp3) is 0.174. The van der Waals surface area contributed by atoms with Crippen LogP contribution in [0.2, 0.25) is 0 Å². The monoisotopic (exact) mass is 374 g/mol. The molecular formula is C23H22N2O3. The maximum Gasteiger partial charge on any atom is 0.337 e. The third-order valence-electron chi connectivity index (χ3n) is 4.43. The maximum absolute atomic E-state index is 12.4. The van der Waals surface area contributed by atoms with Crippen molar-refractivity contribution in [1.29, 1.82) is 0 Å². The Balaban J connectivity index is 1.86. The Morgan fingerprint density at radius 3 is 2.54 bits per heavy atom. The van der Waals surface area contributed by atoms with Crippen molar-refractivity contribution < 1.29 is 14.3 Å². The topological polar surface area (TPSA) is 68.3 Å². The fourth-order valence-electron chi connectivity index (χ4n) is 2.92. The molecule has 0 bridgehead atoms. The smallest absolute Gasteiger partial charge is 0.337 e. The van der Waals surface area contributed by atoms with Crippen molar-refractivity contribution in [3.8, 4) is 0 Å². The summed E-state index contributed by atoms with van der Waals surface area (Å²) in [4.78, 5) is 28.7. The molecule has 3 rings (SSSR count). The summed E-state index contributed by atoms with van der Waals surface area (Å²) in [5.41, 5.74) is 4.68. The summed E-state index contributed by atoms with van der Waals surface area (Å²) in [6.07, 6.45) is 4.24. The van der Waals surface area contributed by atoms with Gasteiger partial charge in [0, 0.05) is 17.2 Å². The molecule has 1 N–H and O–H groups in total. The van der Waals surface area contributed by atoms with E-state index in [2.05, 4.69) is 17.2 Å². The molecule has 5 heteroatoms. The number of anilines is 1. The zero-order valence-electron chi connectivity index (χ0n) is 16.2. The number of pyridine rings is 1. The molecular weight excluding hydrogens is 352 g/mol.